The molecule has 1 aliphatic rings. The van der Waals surface area contributed by atoms with E-state index in [9.17, 15) is 14.0 Å². The van der Waals surface area contributed by atoms with Gasteiger partial charge in [0.25, 0.3) is 5.91 Å². The van der Waals surface area contributed by atoms with E-state index in [2.05, 4.69) is 20.8 Å². The molecular formula is C17H19FN4O3. The first-order valence-electron chi connectivity index (χ1n) is 8.04. The van der Waals surface area contributed by atoms with Gasteiger partial charge in [-0.2, -0.15) is 5.10 Å². The predicted molar refractivity (Wildman–Crippen MR) is 90.0 cm³/mol. The number of ether oxygens (including phenoxy) is 1. The van der Waals surface area contributed by atoms with Crippen LogP contribution in [0.3, 0.4) is 0 Å². The molecule has 0 bridgehead atoms. The van der Waals surface area contributed by atoms with E-state index in [1.54, 1.807) is 6.07 Å². The number of carbonyl (C=O) groups is 2. The highest BCUT2D eigenvalue weighted by molar-refractivity contribution is 6.04. The van der Waals surface area contributed by atoms with Crippen molar-refractivity contribution in [1.29, 1.82) is 0 Å². The van der Waals surface area contributed by atoms with E-state index in [4.69, 9.17) is 4.74 Å². The summed E-state index contributed by atoms with van der Waals surface area (Å²) in [4.78, 5) is 23.2. The average Bonchev–Trinajstić information content (AvgIpc) is 3.05. The Kier molecular flexibility index (Phi) is 5.08. The van der Waals surface area contributed by atoms with Crippen LogP contribution in [0.25, 0.3) is 0 Å². The number of aromatic amines is 1. The molecule has 2 aromatic rings. The Bertz CT molecular complexity index is 784. The Morgan fingerprint density at radius 2 is 2.00 bits per heavy atom. The van der Waals surface area contributed by atoms with Crippen molar-refractivity contribution in [3.8, 4) is 0 Å². The molecule has 3 N–H and O–H groups in total. The molecule has 1 aromatic carbocycles. The van der Waals surface area contributed by atoms with Crippen LogP contribution >= 0.6 is 0 Å². The van der Waals surface area contributed by atoms with Gasteiger partial charge in [-0.05, 0) is 31.0 Å². The number of carbonyl (C=O) groups excluding carboxylic acids is 2. The van der Waals surface area contributed by atoms with E-state index in [0.717, 1.165) is 24.6 Å². The molecule has 0 saturated carbocycles. The lowest BCUT2D eigenvalue weighted by atomic mass is 9.97. The third kappa shape index (κ3) is 4.21. The van der Waals surface area contributed by atoms with Crippen molar-refractivity contribution in [1.82, 2.24) is 10.2 Å². The minimum Gasteiger partial charge on any atom is -0.381 e. The van der Waals surface area contributed by atoms with Gasteiger partial charge in [-0.15, -0.1) is 0 Å². The Hall–Kier alpha value is -2.74. The lowest BCUT2D eigenvalue weighted by Gasteiger charge is -2.20. The van der Waals surface area contributed by atoms with Crippen LogP contribution in [0.1, 0.15) is 41.7 Å². The smallest absolute Gasteiger partial charge is 0.256 e. The molecule has 0 atom stereocenters. The molecule has 8 heteroatoms. The van der Waals surface area contributed by atoms with Crippen LogP contribution in [-0.4, -0.2) is 35.2 Å². The first kappa shape index (κ1) is 17.1. The van der Waals surface area contributed by atoms with E-state index in [-0.39, 0.29) is 17.2 Å². The summed E-state index contributed by atoms with van der Waals surface area (Å²) in [6.45, 7) is 2.71. The lowest BCUT2D eigenvalue weighted by Crippen LogP contribution is -2.14. The van der Waals surface area contributed by atoms with Gasteiger partial charge in [0.2, 0.25) is 5.91 Å². The molecule has 3 rings (SSSR count). The van der Waals surface area contributed by atoms with E-state index >= 15 is 0 Å². The number of aromatic nitrogens is 2. The highest BCUT2D eigenvalue weighted by atomic mass is 19.1. The van der Waals surface area contributed by atoms with Crippen LogP contribution in [0.4, 0.5) is 15.9 Å². The Labute approximate surface area is 144 Å². The standard InChI is InChI=1S/C17H19FN4O3/c1-10(23)19-14-3-2-12(8-13(14)18)17(24)20-16-9-15(21-22-16)11-4-6-25-7-5-11/h2-3,8-9,11H,4-7H2,1H3,(H,19,23)(H2,20,21,22,24). The number of amides is 2. The van der Waals surface area contributed by atoms with Crippen molar-refractivity contribution in [3.05, 3.63) is 41.3 Å². The summed E-state index contributed by atoms with van der Waals surface area (Å²) in [6, 6.07) is 5.65. The zero-order chi connectivity index (χ0) is 17.8. The number of nitrogens with zero attached hydrogens (tertiary/aromatic N) is 1. The summed E-state index contributed by atoms with van der Waals surface area (Å²) < 4.78 is 19.3. The Morgan fingerprint density at radius 3 is 2.68 bits per heavy atom. The van der Waals surface area contributed by atoms with Gasteiger partial charge in [0.15, 0.2) is 5.82 Å². The molecular weight excluding hydrogens is 327 g/mol. The summed E-state index contributed by atoms with van der Waals surface area (Å²) in [7, 11) is 0. The molecule has 2 amide bonds. The van der Waals surface area contributed by atoms with Gasteiger partial charge in [-0.1, -0.05) is 0 Å². The number of anilines is 2. The molecule has 0 radical (unpaired) electrons. The Morgan fingerprint density at radius 1 is 1.24 bits per heavy atom. The van der Waals surface area contributed by atoms with Gasteiger partial charge >= 0.3 is 0 Å². The molecule has 0 spiro atoms. The molecule has 0 unspecified atom stereocenters. The van der Waals surface area contributed by atoms with Crippen LogP contribution in [0.15, 0.2) is 24.3 Å². The van der Waals surface area contributed by atoms with Crippen LogP contribution in [0.5, 0.6) is 0 Å². The topological polar surface area (TPSA) is 96.1 Å². The van der Waals surface area contributed by atoms with Gasteiger partial charge in [0.1, 0.15) is 5.82 Å². The van der Waals surface area contributed by atoms with Crippen molar-refractivity contribution in [2.75, 3.05) is 23.8 Å². The quantitative estimate of drug-likeness (QED) is 0.793. The molecule has 25 heavy (non-hydrogen) atoms. The summed E-state index contributed by atoms with van der Waals surface area (Å²) in [5, 5.41) is 12.0. The third-order valence-corrected chi connectivity index (χ3v) is 4.04. The average molecular weight is 346 g/mol. The number of benzene rings is 1. The van der Waals surface area contributed by atoms with Crippen molar-refractivity contribution in [3.63, 3.8) is 0 Å². The molecule has 1 fully saturated rings. The zero-order valence-electron chi connectivity index (χ0n) is 13.8. The second-order valence-electron chi connectivity index (χ2n) is 5.93. The third-order valence-electron chi connectivity index (χ3n) is 4.04. The number of halogens is 1. The van der Waals surface area contributed by atoms with Gasteiger partial charge in [0, 0.05) is 43.4 Å². The van der Waals surface area contributed by atoms with Crippen LogP contribution in [-0.2, 0) is 9.53 Å². The first-order valence-corrected chi connectivity index (χ1v) is 8.04. The summed E-state index contributed by atoms with van der Waals surface area (Å²) in [5.74, 6) is -0.807. The minimum atomic E-state index is -0.673. The molecule has 1 saturated heterocycles. The minimum absolute atomic E-state index is 0.0330. The highest BCUT2D eigenvalue weighted by Crippen LogP contribution is 2.26. The Balaban J connectivity index is 1.67. The normalized spacial score (nSPS) is 15.0. The van der Waals surface area contributed by atoms with E-state index in [1.807, 2.05) is 0 Å². The fraction of sp³-hybridized carbons (Fsp3) is 0.353. The molecule has 1 aromatic heterocycles. The van der Waals surface area contributed by atoms with Crippen LogP contribution in [0, 0.1) is 5.82 Å². The lowest BCUT2D eigenvalue weighted by molar-refractivity contribution is -0.114. The molecule has 7 nitrogen and oxygen atoms in total. The first-order chi connectivity index (χ1) is 12.0. The number of nitrogens with one attached hydrogen (secondary N) is 3. The fourth-order valence-electron chi connectivity index (χ4n) is 2.75. The van der Waals surface area contributed by atoms with E-state index in [0.29, 0.717) is 24.9 Å². The van der Waals surface area contributed by atoms with Gasteiger partial charge in [-0.3, -0.25) is 14.7 Å². The molecule has 0 aliphatic carbocycles. The molecule has 132 valence electrons. The van der Waals surface area contributed by atoms with Crippen molar-refractivity contribution in [2.45, 2.75) is 25.7 Å². The summed E-state index contributed by atoms with van der Waals surface area (Å²) in [6.07, 6.45) is 1.82. The summed E-state index contributed by atoms with van der Waals surface area (Å²) >= 11 is 0. The van der Waals surface area contributed by atoms with Crippen molar-refractivity contribution >= 4 is 23.3 Å². The maximum absolute atomic E-state index is 13.9. The second kappa shape index (κ2) is 7.43. The number of hydrogen-bond acceptors (Lipinski definition) is 4. The van der Waals surface area contributed by atoms with Crippen molar-refractivity contribution in [2.24, 2.45) is 0 Å². The number of rotatable bonds is 4. The largest absolute Gasteiger partial charge is 0.381 e. The van der Waals surface area contributed by atoms with E-state index in [1.165, 1.54) is 19.1 Å². The van der Waals surface area contributed by atoms with Crippen molar-refractivity contribution < 1.29 is 18.7 Å². The number of hydrogen-bond donors (Lipinski definition) is 3. The van der Waals surface area contributed by atoms with Crippen LogP contribution in [0.2, 0.25) is 0 Å². The SMILES string of the molecule is CC(=O)Nc1ccc(C(=O)Nc2cc(C3CCOCC3)[nH]n2)cc1F. The maximum Gasteiger partial charge on any atom is 0.256 e. The monoisotopic (exact) mass is 346 g/mol. The zero-order valence-corrected chi connectivity index (χ0v) is 13.8. The van der Waals surface area contributed by atoms with E-state index < -0.39 is 11.7 Å². The van der Waals surface area contributed by atoms with Gasteiger partial charge in [0.05, 0.1) is 5.69 Å². The summed E-state index contributed by atoms with van der Waals surface area (Å²) in [5.41, 5.74) is 1.12. The van der Waals surface area contributed by atoms with Gasteiger partial charge in [-0.25, -0.2) is 4.39 Å². The fourth-order valence-corrected chi connectivity index (χ4v) is 2.75. The molecule has 2 heterocycles. The predicted octanol–water partition coefficient (Wildman–Crippen LogP) is 2.65. The van der Waals surface area contributed by atoms with Crippen LogP contribution < -0.4 is 10.6 Å². The second-order valence-corrected chi connectivity index (χ2v) is 5.93. The highest BCUT2D eigenvalue weighted by Gasteiger charge is 2.19. The number of H-pyrrole nitrogens is 1. The maximum atomic E-state index is 13.9. The van der Waals surface area contributed by atoms with Gasteiger partial charge < -0.3 is 15.4 Å². The molecule has 1 aliphatic heterocycles.